The predicted octanol–water partition coefficient (Wildman–Crippen LogP) is 5.96. The second kappa shape index (κ2) is 8.49. The lowest BCUT2D eigenvalue weighted by molar-refractivity contribution is -0.122. The number of amides is 1. The first-order valence-corrected chi connectivity index (χ1v) is 11.5. The Balaban J connectivity index is 1.64. The summed E-state index contributed by atoms with van der Waals surface area (Å²) in [5.74, 6) is -0.0573. The standard InChI is InChI=1S/C23H20BrN3OS2/c1-14-9-19(6-7-20(14)24)27-15(2)10-18(16(27)3)11-21-22(28)26(23(29)30-21)13-17-5-4-8-25-12-17/h4-12H,13H2,1-3H3/b21-11-. The monoisotopic (exact) mass is 497 g/mol. The van der Waals surface area contributed by atoms with E-state index in [2.05, 4.69) is 70.5 Å². The Morgan fingerprint density at radius 2 is 2.00 bits per heavy atom. The number of benzene rings is 1. The molecular formula is C23H20BrN3OS2. The molecule has 0 unspecified atom stereocenters. The number of halogens is 1. The van der Waals surface area contributed by atoms with Crippen LogP contribution in [0.2, 0.25) is 0 Å². The Morgan fingerprint density at radius 3 is 2.70 bits per heavy atom. The Kier molecular flexibility index (Phi) is 5.95. The van der Waals surface area contributed by atoms with Crippen LogP contribution in [0.15, 0.2) is 58.2 Å². The number of hydrogen-bond donors (Lipinski definition) is 0. The van der Waals surface area contributed by atoms with E-state index in [1.807, 2.05) is 18.2 Å². The summed E-state index contributed by atoms with van der Waals surface area (Å²) in [6, 6.07) is 12.2. The van der Waals surface area contributed by atoms with E-state index in [1.54, 1.807) is 17.3 Å². The van der Waals surface area contributed by atoms with Crippen molar-refractivity contribution < 1.29 is 4.79 Å². The number of aromatic nitrogens is 2. The van der Waals surface area contributed by atoms with Gasteiger partial charge in [-0.1, -0.05) is 46.0 Å². The summed E-state index contributed by atoms with van der Waals surface area (Å²) in [4.78, 5) is 19.4. The van der Waals surface area contributed by atoms with Crippen LogP contribution < -0.4 is 0 Å². The summed E-state index contributed by atoms with van der Waals surface area (Å²) in [6.07, 6.45) is 5.43. The minimum absolute atomic E-state index is 0.0573. The average molecular weight is 498 g/mol. The van der Waals surface area contributed by atoms with E-state index in [9.17, 15) is 4.79 Å². The van der Waals surface area contributed by atoms with Gasteiger partial charge >= 0.3 is 0 Å². The molecule has 4 nitrogen and oxygen atoms in total. The van der Waals surface area contributed by atoms with Gasteiger partial charge in [-0.3, -0.25) is 14.7 Å². The third-order valence-corrected chi connectivity index (χ3v) is 7.36. The largest absolute Gasteiger partial charge is 0.318 e. The average Bonchev–Trinajstić information content (AvgIpc) is 3.15. The number of carbonyl (C=O) groups is 1. The van der Waals surface area contributed by atoms with Gasteiger partial charge in [-0.05, 0) is 73.9 Å². The number of hydrogen-bond acceptors (Lipinski definition) is 4. The van der Waals surface area contributed by atoms with Crippen molar-refractivity contribution in [2.45, 2.75) is 27.3 Å². The zero-order valence-corrected chi connectivity index (χ0v) is 20.1. The molecule has 3 heterocycles. The van der Waals surface area contributed by atoms with Gasteiger partial charge in [0, 0.05) is 33.9 Å². The molecule has 0 N–H and O–H groups in total. The molecule has 1 fully saturated rings. The summed E-state index contributed by atoms with van der Waals surface area (Å²) in [6.45, 7) is 6.67. The first-order chi connectivity index (χ1) is 14.3. The lowest BCUT2D eigenvalue weighted by Gasteiger charge is -2.13. The van der Waals surface area contributed by atoms with Gasteiger partial charge in [-0.25, -0.2) is 0 Å². The number of rotatable bonds is 4. The molecule has 7 heteroatoms. The van der Waals surface area contributed by atoms with Gasteiger partial charge in [-0.2, -0.15) is 0 Å². The SMILES string of the molecule is Cc1cc(-n2c(C)cc(/C=C3\SC(=S)N(Cc4cccnc4)C3=O)c2C)ccc1Br. The fraction of sp³-hybridized carbons (Fsp3) is 0.174. The van der Waals surface area contributed by atoms with Crippen molar-refractivity contribution in [2.24, 2.45) is 0 Å². The molecule has 0 bridgehead atoms. The summed E-state index contributed by atoms with van der Waals surface area (Å²) < 4.78 is 3.88. The fourth-order valence-corrected chi connectivity index (χ4v) is 5.04. The lowest BCUT2D eigenvalue weighted by atomic mass is 10.2. The van der Waals surface area contributed by atoms with Crippen LogP contribution in [0.5, 0.6) is 0 Å². The van der Waals surface area contributed by atoms with E-state index in [0.29, 0.717) is 15.8 Å². The smallest absolute Gasteiger partial charge is 0.266 e. The van der Waals surface area contributed by atoms with Gasteiger partial charge in [0.1, 0.15) is 4.32 Å². The van der Waals surface area contributed by atoms with Crippen LogP contribution >= 0.6 is 39.9 Å². The van der Waals surface area contributed by atoms with E-state index < -0.39 is 0 Å². The van der Waals surface area contributed by atoms with Gasteiger partial charge in [0.05, 0.1) is 11.4 Å². The number of thioether (sulfide) groups is 1. The molecule has 0 radical (unpaired) electrons. The number of aryl methyl sites for hydroxylation is 2. The third-order valence-electron chi connectivity index (χ3n) is 5.09. The predicted molar refractivity (Wildman–Crippen MR) is 131 cm³/mol. The topological polar surface area (TPSA) is 38.1 Å². The van der Waals surface area contributed by atoms with Gasteiger partial charge in [0.15, 0.2) is 0 Å². The Morgan fingerprint density at radius 1 is 1.20 bits per heavy atom. The first kappa shape index (κ1) is 21.0. The minimum atomic E-state index is -0.0573. The van der Waals surface area contributed by atoms with Crippen LogP contribution in [-0.4, -0.2) is 24.7 Å². The van der Waals surface area contributed by atoms with E-state index in [1.165, 1.54) is 17.3 Å². The molecule has 0 atom stereocenters. The van der Waals surface area contributed by atoms with Crippen LogP contribution in [-0.2, 0) is 11.3 Å². The lowest BCUT2D eigenvalue weighted by Crippen LogP contribution is -2.27. The zero-order valence-electron chi connectivity index (χ0n) is 16.8. The van der Waals surface area contributed by atoms with E-state index in [-0.39, 0.29) is 5.91 Å². The Hall–Kier alpha value is -2.22. The first-order valence-electron chi connectivity index (χ1n) is 9.45. The number of carbonyl (C=O) groups excluding carboxylic acids is 1. The van der Waals surface area contributed by atoms with Crippen LogP contribution in [0, 0.1) is 20.8 Å². The number of nitrogens with zero attached hydrogens (tertiary/aromatic N) is 3. The van der Waals surface area contributed by atoms with Crippen LogP contribution in [0.1, 0.15) is 28.1 Å². The van der Waals surface area contributed by atoms with Crippen LogP contribution in [0.4, 0.5) is 0 Å². The maximum Gasteiger partial charge on any atom is 0.266 e. The molecule has 0 saturated carbocycles. The van der Waals surface area contributed by atoms with Crippen molar-refractivity contribution in [3.8, 4) is 5.69 Å². The highest BCUT2D eigenvalue weighted by atomic mass is 79.9. The Labute approximate surface area is 194 Å². The summed E-state index contributed by atoms with van der Waals surface area (Å²) >= 11 is 10.4. The van der Waals surface area contributed by atoms with E-state index in [4.69, 9.17) is 12.2 Å². The second-order valence-electron chi connectivity index (χ2n) is 7.22. The number of pyridine rings is 1. The van der Waals surface area contributed by atoms with E-state index >= 15 is 0 Å². The van der Waals surface area contributed by atoms with E-state index in [0.717, 1.165) is 32.7 Å². The van der Waals surface area contributed by atoms with Crippen molar-refractivity contribution in [1.29, 1.82) is 0 Å². The van der Waals surface area contributed by atoms with Crippen LogP contribution in [0.3, 0.4) is 0 Å². The third kappa shape index (κ3) is 4.02. The molecule has 1 amide bonds. The fourth-order valence-electron chi connectivity index (χ4n) is 3.55. The van der Waals surface area contributed by atoms with Gasteiger partial charge in [-0.15, -0.1) is 0 Å². The molecular weight excluding hydrogens is 478 g/mol. The zero-order chi connectivity index (χ0) is 21.4. The molecule has 1 aromatic carbocycles. The molecule has 30 heavy (non-hydrogen) atoms. The number of thiocarbonyl (C=S) groups is 1. The highest BCUT2D eigenvalue weighted by Crippen LogP contribution is 2.35. The normalized spacial score (nSPS) is 15.5. The van der Waals surface area contributed by atoms with Crippen molar-refractivity contribution >= 4 is 56.2 Å². The minimum Gasteiger partial charge on any atom is -0.318 e. The van der Waals surface area contributed by atoms with Crippen molar-refractivity contribution in [3.05, 3.63) is 86.2 Å². The molecule has 0 aliphatic carbocycles. The van der Waals surface area contributed by atoms with Crippen molar-refractivity contribution in [2.75, 3.05) is 0 Å². The van der Waals surface area contributed by atoms with Gasteiger partial charge in [0.25, 0.3) is 5.91 Å². The van der Waals surface area contributed by atoms with Crippen LogP contribution in [0.25, 0.3) is 11.8 Å². The highest BCUT2D eigenvalue weighted by molar-refractivity contribution is 9.10. The molecule has 1 aliphatic rings. The maximum absolute atomic E-state index is 13.0. The summed E-state index contributed by atoms with van der Waals surface area (Å²) in [5, 5.41) is 0. The molecule has 0 spiro atoms. The van der Waals surface area contributed by atoms with Gasteiger partial charge < -0.3 is 4.57 Å². The highest BCUT2D eigenvalue weighted by Gasteiger charge is 2.32. The molecule has 1 aliphatic heterocycles. The molecule has 1 saturated heterocycles. The summed E-state index contributed by atoms with van der Waals surface area (Å²) in [7, 11) is 0. The second-order valence-corrected chi connectivity index (χ2v) is 9.75. The molecule has 2 aromatic heterocycles. The maximum atomic E-state index is 13.0. The summed E-state index contributed by atoms with van der Waals surface area (Å²) in [5.41, 5.74) is 6.47. The molecule has 3 aromatic rings. The Bertz CT molecular complexity index is 1180. The van der Waals surface area contributed by atoms with Crippen molar-refractivity contribution in [1.82, 2.24) is 14.5 Å². The van der Waals surface area contributed by atoms with Gasteiger partial charge in [0.2, 0.25) is 0 Å². The quantitative estimate of drug-likeness (QED) is 0.329. The molecule has 152 valence electrons. The van der Waals surface area contributed by atoms with Crippen molar-refractivity contribution in [3.63, 3.8) is 0 Å². The molecule has 4 rings (SSSR count).